The number of halogens is 1. The largest absolute Gasteiger partial charge is 0.326 e. The smallest absolute Gasteiger partial charge is 0.0224 e. The third-order valence-corrected chi connectivity index (χ3v) is 1.22. The molecule has 0 bridgehead atoms. The van der Waals surface area contributed by atoms with Crippen LogP contribution in [0.15, 0.2) is 0 Å². The second-order valence-electron chi connectivity index (χ2n) is 2.78. The predicted molar refractivity (Wildman–Crippen MR) is 38.2 cm³/mol. The monoisotopic (exact) mass is 135 g/mol. The van der Waals surface area contributed by atoms with Crippen molar-refractivity contribution in [1.82, 2.24) is 0 Å². The summed E-state index contributed by atoms with van der Waals surface area (Å²) >= 11 is 5.45. The van der Waals surface area contributed by atoms with E-state index < -0.39 is 0 Å². The lowest BCUT2D eigenvalue weighted by Crippen LogP contribution is -2.31. The van der Waals surface area contributed by atoms with Crippen molar-refractivity contribution in [3.63, 3.8) is 0 Å². The Kier molecular flexibility index (Phi) is 3.41. The summed E-state index contributed by atoms with van der Waals surface area (Å²) in [4.78, 5) is 0. The lowest BCUT2D eigenvalue weighted by atomic mass is 10.0. The van der Waals surface area contributed by atoms with E-state index in [-0.39, 0.29) is 5.54 Å². The zero-order valence-corrected chi connectivity index (χ0v) is 6.33. The highest BCUT2D eigenvalue weighted by molar-refractivity contribution is 6.17. The summed E-state index contributed by atoms with van der Waals surface area (Å²) in [6.07, 6.45) is 2.03. The second-order valence-corrected chi connectivity index (χ2v) is 3.16. The number of alkyl halides is 1. The highest BCUT2D eigenvalue weighted by Gasteiger charge is 2.07. The van der Waals surface area contributed by atoms with E-state index in [1.165, 1.54) is 0 Å². The first-order valence-corrected chi connectivity index (χ1v) is 3.44. The van der Waals surface area contributed by atoms with Crippen LogP contribution in [0.1, 0.15) is 26.7 Å². The Hall–Kier alpha value is 0.250. The topological polar surface area (TPSA) is 26.0 Å². The third kappa shape index (κ3) is 6.25. The molecule has 0 amide bonds. The molecule has 0 aliphatic carbocycles. The fourth-order valence-corrected chi connectivity index (χ4v) is 0.656. The highest BCUT2D eigenvalue weighted by atomic mass is 35.5. The van der Waals surface area contributed by atoms with E-state index in [0.29, 0.717) is 0 Å². The molecule has 0 aromatic carbocycles. The summed E-state index contributed by atoms with van der Waals surface area (Å²) in [7, 11) is 0. The molecule has 50 valence electrons. The van der Waals surface area contributed by atoms with Gasteiger partial charge in [0.15, 0.2) is 0 Å². The van der Waals surface area contributed by atoms with Crippen molar-refractivity contribution in [2.24, 2.45) is 5.73 Å². The number of nitrogens with two attached hydrogens (primary N) is 1. The first-order valence-electron chi connectivity index (χ1n) is 2.91. The molecule has 0 aliphatic rings. The molecule has 0 aliphatic heterocycles. The van der Waals surface area contributed by atoms with Gasteiger partial charge in [0.1, 0.15) is 0 Å². The van der Waals surface area contributed by atoms with E-state index in [1.807, 2.05) is 13.8 Å². The van der Waals surface area contributed by atoms with E-state index >= 15 is 0 Å². The number of hydrogen-bond donors (Lipinski definition) is 1. The summed E-state index contributed by atoms with van der Waals surface area (Å²) in [5, 5.41) is 0. The maximum absolute atomic E-state index is 5.66. The van der Waals surface area contributed by atoms with Crippen LogP contribution in [0.25, 0.3) is 0 Å². The fraction of sp³-hybridized carbons (Fsp3) is 1.00. The average Bonchev–Trinajstić information content (AvgIpc) is 1.59. The minimum Gasteiger partial charge on any atom is -0.326 e. The molecule has 0 spiro atoms. The standard InChI is InChI=1S/C6H14ClN/c1-6(2,8)4-3-5-7/h3-5,8H2,1-2H3. The van der Waals surface area contributed by atoms with Crippen molar-refractivity contribution in [2.75, 3.05) is 5.88 Å². The van der Waals surface area contributed by atoms with Gasteiger partial charge in [0, 0.05) is 11.4 Å². The van der Waals surface area contributed by atoms with E-state index in [0.717, 1.165) is 18.7 Å². The Bertz CT molecular complexity index is 56.0. The summed E-state index contributed by atoms with van der Waals surface area (Å²) in [5.41, 5.74) is 5.63. The van der Waals surface area contributed by atoms with E-state index in [1.54, 1.807) is 0 Å². The van der Waals surface area contributed by atoms with Crippen LogP contribution in [0.3, 0.4) is 0 Å². The lowest BCUT2D eigenvalue weighted by Gasteiger charge is -2.16. The molecular formula is C6H14ClN. The Morgan fingerprint density at radius 1 is 1.50 bits per heavy atom. The molecule has 0 atom stereocenters. The minimum absolute atomic E-state index is 0.0328. The van der Waals surface area contributed by atoms with Gasteiger partial charge in [-0.1, -0.05) is 0 Å². The molecular weight excluding hydrogens is 122 g/mol. The molecule has 0 heterocycles. The van der Waals surface area contributed by atoms with Gasteiger partial charge in [-0.3, -0.25) is 0 Å². The highest BCUT2D eigenvalue weighted by Crippen LogP contribution is 2.06. The normalized spacial score (nSPS) is 12.0. The van der Waals surface area contributed by atoms with Crippen LogP contribution in [0.4, 0.5) is 0 Å². The van der Waals surface area contributed by atoms with Crippen LogP contribution in [0.2, 0.25) is 0 Å². The van der Waals surface area contributed by atoms with Crippen molar-refractivity contribution in [1.29, 1.82) is 0 Å². The number of hydrogen-bond acceptors (Lipinski definition) is 1. The van der Waals surface area contributed by atoms with Gasteiger partial charge in [0.05, 0.1) is 0 Å². The SMILES string of the molecule is CC(C)(N)CCCCl. The summed E-state index contributed by atoms with van der Waals surface area (Å²) in [6.45, 7) is 4.03. The Morgan fingerprint density at radius 3 is 2.12 bits per heavy atom. The molecule has 0 aromatic heterocycles. The minimum atomic E-state index is -0.0328. The van der Waals surface area contributed by atoms with Gasteiger partial charge in [-0.05, 0) is 26.7 Å². The first-order chi connectivity index (χ1) is 3.56. The molecule has 0 rings (SSSR count). The summed E-state index contributed by atoms with van der Waals surface area (Å²) in [5.74, 6) is 0.723. The zero-order chi connectivity index (χ0) is 6.62. The molecule has 8 heavy (non-hydrogen) atoms. The van der Waals surface area contributed by atoms with E-state index in [4.69, 9.17) is 17.3 Å². The van der Waals surface area contributed by atoms with Crippen LogP contribution in [-0.4, -0.2) is 11.4 Å². The van der Waals surface area contributed by atoms with Crippen molar-refractivity contribution in [2.45, 2.75) is 32.2 Å². The summed E-state index contributed by atoms with van der Waals surface area (Å²) < 4.78 is 0. The molecule has 0 unspecified atom stereocenters. The molecule has 2 N–H and O–H groups in total. The van der Waals surface area contributed by atoms with E-state index in [9.17, 15) is 0 Å². The summed E-state index contributed by atoms with van der Waals surface area (Å²) in [6, 6.07) is 0. The molecule has 1 nitrogen and oxygen atoms in total. The molecule has 0 saturated heterocycles. The second kappa shape index (κ2) is 3.31. The Balaban J connectivity index is 3.11. The molecule has 2 heteroatoms. The van der Waals surface area contributed by atoms with Crippen LogP contribution < -0.4 is 5.73 Å². The maximum atomic E-state index is 5.66. The Morgan fingerprint density at radius 2 is 2.00 bits per heavy atom. The lowest BCUT2D eigenvalue weighted by molar-refractivity contribution is 0.471. The maximum Gasteiger partial charge on any atom is 0.0224 e. The van der Waals surface area contributed by atoms with Crippen molar-refractivity contribution in [3.05, 3.63) is 0 Å². The third-order valence-electron chi connectivity index (χ3n) is 0.955. The predicted octanol–water partition coefficient (Wildman–Crippen LogP) is 1.74. The molecule has 0 radical (unpaired) electrons. The van der Waals surface area contributed by atoms with Gasteiger partial charge >= 0.3 is 0 Å². The zero-order valence-electron chi connectivity index (χ0n) is 5.58. The van der Waals surface area contributed by atoms with Gasteiger partial charge in [-0.25, -0.2) is 0 Å². The van der Waals surface area contributed by atoms with Crippen molar-refractivity contribution in [3.8, 4) is 0 Å². The molecule has 0 saturated carbocycles. The van der Waals surface area contributed by atoms with Gasteiger partial charge in [-0.2, -0.15) is 0 Å². The van der Waals surface area contributed by atoms with Gasteiger partial charge in [-0.15, -0.1) is 11.6 Å². The van der Waals surface area contributed by atoms with Gasteiger partial charge < -0.3 is 5.73 Å². The van der Waals surface area contributed by atoms with Crippen LogP contribution in [0.5, 0.6) is 0 Å². The van der Waals surface area contributed by atoms with Gasteiger partial charge in [0.25, 0.3) is 0 Å². The Labute approximate surface area is 56.2 Å². The average molecular weight is 136 g/mol. The quantitative estimate of drug-likeness (QED) is 0.587. The van der Waals surface area contributed by atoms with Crippen molar-refractivity contribution >= 4 is 11.6 Å². The van der Waals surface area contributed by atoms with Crippen molar-refractivity contribution < 1.29 is 0 Å². The first kappa shape index (κ1) is 8.25. The number of rotatable bonds is 3. The van der Waals surface area contributed by atoms with Crippen LogP contribution in [0, 0.1) is 0 Å². The van der Waals surface area contributed by atoms with Crippen LogP contribution >= 0.6 is 11.6 Å². The van der Waals surface area contributed by atoms with Crippen LogP contribution in [-0.2, 0) is 0 Å². The molecule has 0 aromatic rings. The molecule has 0 fully saturated rings. The fourth-order valence-electron chi connectivity index (χ4n) is 0.522. The van der Waals surface area contributed by atoms with Gasteiger partial charge in [0.2, 0.25) is 0 Å². The van der Waals surface area contributed by atoms with E-state index in [2.05, 4.69) is 0 Å².